The quantitative estimate of drug-likeness (QED) is 0.875. The summed E-state index contributed by atoms with van der Waals surface area (Å²) in [5.41, 5.74) is 0.817. The third-order valence-corrected chi connectivity index (χ3v) is 4.33. The highest BCUT2D eigenvalue weighted by Gasteiger charge is 2.21. The molecule has 1 aromatic carbocycles. The van der Waals surface area contributed by atoms with Crippen molar-refractivity contribution >= 4 is 11.6 Å². The molecule has 1 atom stereocenters. The average Bonchev–Trinajstić information content (AvgIpc) is 3.10. The minimum Gasteiger partial charge on any atom is -0.493 e. The first kappa shape index (κ1) is 15.3. The van der Waals surface area contributed by atoms with Crippen LogP contribution in [0.2, 0.25) is 0 Å². The number of rotatable bonds is 5. The van der Waals surface area contributed by atoms with Crippen molar-refractivity contribution in [1.29, 1.82) is 0 Å². The number of hydrogen-bond donors (Lipinski definition) is 2. The molecule has 0 radical (unpaired) electrons. The summed E-state index contributed by atoms with van der Waals surface area (Å²) in [5.74, 6) is 1.48. The van der Waals surface area contributed by atoms with E-state index >= 15 is 0 Å². The van der Waals surface area contributed by atoms with Gasteiger partial charge < -0.3 is 20.1 Å². The first-order chi connectivity index (χ1) is 10.8. The Labute approximate surface area is 131 Å². The Morgan fingerprint density at radius 2 is 2.00 bits per heavy atom. The molecule has 5 heteroatoms. The summed E-state index contributed by atoms with van der Waals surface area (Å²) < 4.78 is 11.2. The lowest BCUT2D eigenvalue weighted by Gasteiger charge is -2.22. The Kier molecular flexibility index (Phi) is 5.29. The molecule has 0 spiro atoms. The second-order valence-corrected chi connectivity index (χ2v) is 6.03. The number of benzene rings is 1. The molecule has 1 aromatic rings. The number of hydrogen-bond acceptors (Lipinski definition) is 4. The molecule has 5 nitrogen and oxygen atoms in total. The van der Waals surface area contributed by atoms with Crippen LogP contribution in [-0.4, -0.2) is 38.3 Å². The maximum absolute atomic E-state index is 12.0. The zero-order valence-electron chi connectivity index (χ0n) is 12.8. The Morgan fingerprint density at radius 3 is 2.68 bits per heavy atom. The van der Waals surface area contributed by atoms with Crippen LogP contribution in [0.5, 0.6) is 5.75 Å². The largest absolute Gasteiger partial charge is 0.493 e. The third-order valence-electron chi connectivity index (χ3n) is 4.33. The minimum atomic E-state index is -0.0514. The summed E-state index contributed by atoms with van der Waals surface area (Å²) in [6.07, 6.45) is 4.13. The van der Waals surface area contributed by atoms with Crippen molar-refractivity contribution in [2.45, 2.75) is 31.7 Å². The standard InChI is InChI=1S/C17H24N2O3/c20-17(16-2-1-9-18-16)19-14-3-5-15(6-4-14)22-12-13-7-10-21-11-8-13/h3-6,13,16,18H,1-2,7-12H2,(H,19,20). The first-order valence-electron chi connectivity index (χ1n) is 8.16. The molecule has 120 valence electrons. The molecule has 22 heavy (non-hydrogen) atoms. The van der Waals surface area contributed by atoms with Gasteiger partial charge in [-0.15, -0.1) is 0 Å². The van der Waals surface area contributed by atoms with Gasteiger partial charge >= 0.3 is 0 Å². The Morgan fingerprint density at radius 1 is 1.23 bits per heavy atom. The van der Waals surface area contributed by atoms with Crippen molar-refractivity contribution in [3.05, 3.63) is 24.3 Å². The summed E-state index contributed by atoms with van der Waals surface area (Å²) in [5, 5.41) is 6.14. The number of ether oxygens (including phenoxy) is 2. The molecule has 2 aliphatic rings. The zero-order valence-corrected chi connectivity index (χ0v) is 12.8. The maximum Gasteiger partial charge on any atom is 0.241 e. The van der Waals surface area contributed by atoms with Crippen LogP contribution in [0.15, 0.2) is 24.3 Å². The molecule has 1 unspecified atom stereocenters. The van der Waals surface area contributed by atoms with Crippen LogP contribution in [-0.2, 0) is 9.53 Å². The summed E-state index contributed by atoms with van der Waals surface area (Å²) in [6, 6.07) is 7.57. The van der Waals surface area contributed by atoms with Gasteiger partial charge in [-0.1, -0.05) is 0 Å². The molecular formula is C17H24N2O3. The highest BCUT2D eigenvalue weighted by molar-refractivity contribution is 5.95. The van der Waals surface area contributed by atoms with Crippen molar-refractivity contribution in [3.63, 3.8) is 0 Å². The second-order valence-electron chi connectivity index (χ2n) is 6.03. The highest BCUT2D eigenvalue weighted by Crippen LogP contribution is 2.20. The molecule has 2 aliphatic heterocycles. The van der Waals surface area contributed by atoms with Gasteiger partial charge in [-0.3, -0.25) is 4.79 Å². The van der Waals surface area contributed by atoms with Gasteiger partial charge in [0.15, 0.2) is 0 Å². The van der Waals surface area contributed by atoms with Crippen molar-refractivity contribution in [1.82, 2.24) is 5.32 Å². The first-order valence-corrected chi connectivity index (χ1v) is 8.16. The molecule has 2 N–H and O–H groups in total. The topological polar surface area (TPSA) is 59.6 Å². The highest BCUT2D eigenvalue weighted by atomic mass is 16.5. The number of carbonyl (C=O) groups excluding carboxylic acids is 1. The van der Waals surface area contributed by atoms with Crippen molar-refractivity contribution in [3.8, 4) is 5.75 Å². The summed E-state index contributed by atoms with van der Waals surface area (Å²) in [6.45, 7) is 3.35. The van der Waals surface area contributed by atoms with Crippen LogP contribution in [0.3, 0.4) is 0 Å². The fourth-order valence-electron chi connectivity index (χ4n) is 2.90. The molecule has 3 rings (SSSR count). The number of anilines is 1. The van der Waals surface area contributed by atoms with Gasteiger partial charge in [-0.2, -0.15) is 0 Å². The molecule has 0 saturated carbocycles. The maximum atomic E-state index is 12.0. The minimum absolute atomic E-state index is 0.0494. The van der Waals surface area contributed by atoms with Crippen LogP contribution in [0.25, 0.3) is 0 Å². The molecule has 0 aliphatic carbocycles. The van der Waals surface area contributed by atoms with Crippen molar-refractivity contribution in [2.75, 3.05) is 31.7 Å². The van der Waals surface area contributed by atoms with Crippen LogP contribution < -0.4 is 15.4 Å². The molecule has 2 fully saturated rings. The lowest BCUT2D eigenvalue weighted by Crippen LogP contribution is -2.35. The van der Waals surface area contributed by atoms with E-state index in [2.05, 4.69) is 10.6 Å². The zero-order chi connectivity index (χ0) is 15.2. The Hall–Kier alpha value is -1.59. The number of nitrogens with one attached hydrogen (secondary N) is 2. The molecule has 2 saturated heterocycles. The lowest BCUT2D eigenvalue weighted by atomic mass is 10.0. The van der Waals surface area contributed by atoms with E-state index in [1.807, 2.05) is 24.3 Å². The normalized spacial score (nSPS) is 22.5. The smallest absolute Gasteiger partial charge is 0.241 e. The fourth-order valence-corrected chi connectivity index (χ4v) is 2.90. The average molecular weight is 304 g/mol. The van der Waals surface area contributed by atoms with E-state index in [1.54, 1.807) is 0 Å². The van der Waals surface area contributed by atoms with Crippen LogP contribution in [0.4, 0.5) is 5.69 Å². The molecule has 0 bridgehead atoms. The van der Waals surface area contributed by atoms with E-state index in [0.29, 0.717) is 5.92 Å². The SMILES string of the molecule is O=C(Nc1ccc(OCC2CCOCC2)cc1)C1CCCN1. The fraction of sp³-hybridized carbons (Fsp3) is 0.588. The van der Waals surface area contributed by atoms with Crippen molar-refractivity contribution < 1.29 is 14.3 Å². The van der Waals surface area contributed by atoms with E-state index in [-0.39, 0.29) is 11.9 Å². The van der Waals surface area contributed by atoms with Crippen LogP contribution >= 0.6 is 0 Å². The Balaban J connectivity index is 1.46. The number of amides is 1. The number of carbonyl (C=O) groups is 1. The molecule has 1 amide bonds. The summed E-state index contributed by atoms with van der Waals surface area (Å²) in [4.78, 5) is 12.0. The van der Waals surface area contributed by atoms with Gasteiger partial charge in [0.05, 0.1) is 12.6 Å². The van der Waals surface area contributed by atoms with Crippen LogP contribution in [0.1, 0.15) is 25.7 Å². The van der Waals surface area contributed by atoms with E-state index in [4.69, 9.17) is 9.47 Å². The van der Waals surface area contributed by atoms with E-state index in [9.17, 15) is 4.79 Å². The van der Waals surface area contributed by atoms with Crippen molar-refractivity contribution in [2.24, 2.45) is 5.92 Å². The van der Waals surface area contributed by atoms with E-state index in [0.717, 1.165) is 63.5 Å². The van der Waals surface area contributed by atoms with Gasteiger partial charge in [0, 0.05) is 18.9 Å². The second kappa shape index (κ2) is 7.61. The molecular weight excluding hydrogens is 280 g/mol. The Bertz CT molecular complexity index is 477. The summed E-state index contributed by atoms with van der Waals surface area (Å²) in [7, 11) is 0. The van der Waals surface area contributed by atoms with Gasteiger partial charge in [-0.25, -0.2) is 0 Å². The third kappa shape index (κ3) is 4.21. The summed E-state index contributed by atoms with van der Waals surface area (Å²) >= 11 is 0. The van der Waals surface area contributed by atoms with Gasteiger partial charge in [-0.05, 0) is 62.4 Å². The monoisotopic (exact) mass is 304 g/mol. The predicted molar refractivity (Wildman–Crippen MR) is 85.1 cm³/mol. The lowest BCUT2D eigenvalue weighted by molar-refractivity contribution is -0.117. The van der Waals surface area contributed by atoms with Gasteiger partial charge in [0.1, 0.15) is 5.75 Å². The molecule has 0 aromatic heterocycles. The van der Waals surface area contributed by atoms with Gasteiger partial charge in [0.25, 0.3) is 0 Å². The molecule has 2 heterocycles. The van der Waals surface area contributed by atoms with E-state index < -0.39 is 0 Å². The predicted octanol–water partition coefficient (Wildman–Crippen LogP) is 2.18. The van der Waals surface area contributed by atoms with E-state index in [1.165, 1.54) is 0 Å². The van der Waals surface area contributed by atoms with Gasteiger partial charge in [0.2, 0.25) is 5.91 Å². The van der Waals surface area contributed by atoms with Crippen LogP contribution in [0, 0.1) is 5.92 Å².